The summed E-state index contributed by atoms with van der Waals surface area (Å²) in [5.41, 5.74) is 0. The van der Waals surface area contributed by atoms with E-state index in [2.05, 4.69) is 84.2 Å². The van der Waals surface area contributed by atoms with E-state index in [1.165, 1.54) is 106 Å². The number of thiophene rings is 6. The van der Waals surface area contributed by atoms with Crippen molar-refractivity contribution in [2.24, 2.45) is 4.30 Å². The van der Waals surface area contributed by atoms with Gasteiger partial charge in [-0.25, -0.2) is 0 Å². The van der Waals surface area contributed by atoms with Gasteiger partial charge in [0.25, 0.3) is 0 Å². The third-order valence-corrected chi connectivity index (χ3v) is 14.2. The molecular formula is C29H35BBrFNS7. The Bertz CT molecular complexity index is 1590. The van der Waals surface area contributed by atoms with Crippen LogP contribution in [0.3, 0.4) is 0 Å². The molecule has 215 valence electrons. The fraction of sp³-hybridized carbons (Fsp3) is 0.448. The van der Waals surface area contributed by atoms with Crippen molar-refractivity contribution in [2.75, 3.05) is 7.15 Å². The van der Waals surface area contributed by atoms with E-state index in [0.29, 0.717) is 0 Å². The summed E-state index contributed by atoms with van der Waals surface area (Å²) in [5, 5.41) is 2.21. The summed E-state index contributed by atoms with van der Waals surface area (Å²) < 4.78 is 31.4. The average Bonchev–Trinajstić information content (AvgIpc) is 3.76. The van der Waals surface area contributed by atoms with E-state index in [1.807, 2.05) is 68.0 Å². The van der Waals surface area contributed by atoms with Crippen LogP contribution < -0.4 is 0 Å². The van der Waals surface area contributed by atoms with Gasteiger partial charge in [-0.3, -0.25) is 4.39 Å². The van der Waals surface area contributed by atoms with Crippen molar-refractivity contribution in [3.63, 3.8) is 0 Å². The summed E-state index contributed by atoms with van der Waals surface area (Å²) in [6.45, 7) is 4.54. The van der Waals surface area contributed by atoms with Gasteiger partial charge in [0.05, 0.1) is 31.1 Å². The normalized spacial score (nSPS) is 11.2. The van der Waals surface area contributed by atoms with Gasteiger partial charge in [0, 0.05) is 28.6 Å². The second kappa shape index (κ2) is 18.5. The summed E-state index contributed by atoms with van der Waals surface area (Å²) >= 11 is 18.5. The molecule has 6 heterocycles. The van der Waals surface area contributed by atoms with E-state index in [9.17, 15) is 4.39 Å². The predicted molar refractivity (Wildman–Crippen MR) is 198 cm³/mol. The summed E-state index contributed by atoms with van der Waals surface area (Å²) in [4.78, 5) is 3.15. The number of alkyl halides is 1. The molecule has 0 amide bonds. The van der Waals surface area contributed by atoms with Crippen LogP contribution in [0, 0.1) is 0 Å². The Balaban J connectivity index is 0.000000190. The quantitative estimate of drug-likeness (QED) is 0.0818. The summed E-state index contributed by atoms with van der Waals surface area (Å²) in [5.74, 6) is 0. The molecule has 40 heavy (non-hydrogen) atoms. The molecular weight excluding hydrogens is 697 g/mol. The van der Waals surface area contributed by atoms with Gasteiger partial charge in [-0.05, 0) is 71.3 Å². The molecule has 11 heteroatoms. The number of rotatable bonds is 10. The van der Waals surface area contributed by atoms with Gasteiger partial charge in [-0.15, -0.1) is 68.0 Å². The molecule has 0 fully saturated rings. The zero-order valence-corrected chi connectivity index (χ0v) is 30.2. The van der Waals surface area contributed by atoms with Crippen molar-refractivity contribution >= 4 is 142 Å². The fourth-order valence-corrected chi connectivity index (χ4v) is 12.9. The van der Waals surface area contributed by atoms with Crippen LogP contribution in [0.5, 0.6) is 0 Å². The van der Waals surface area contributed by atoms with Crippen LogP contribution >= 0.6 is 96.8 Å². The molecule has 0 spiro atoms. The summed E-state index contributed by atoms with van der Waals surface area (Å²) in [6.07, 6.45) is 13.4. The second-order valence-electron chi connectivity index (χ2n) is 9.11. The van der Waals surface area contributed by atoms with Crippen LogP contribution in [0.25, 0.3) is 37.6 Å². The summed E-state index contributed by atoms with van der Waals surface area (Å²) in [6, 6.07) is 9.33. The molecule has 0 aliphatic rings. The molecule has 6 aromatic rings. The zero-order valence-electron chi connectivity index (χ0n) is 23.8. The number of halogens is 2. The van der Waals surface area contributed by atoms with E-state index in [0.717, 1.165) is 0 Å². The van der Waals surface area contributed by atoms with Gasteiger partial charge in [0.1, 0.15) is 0 Å². The van der Waals surface area contributed by atoms with Gasteiger partial charge in [-0.1, -0.05) is 52.4 Å². The number of fused-ring (bicyclic) bond motifs is 6. The van der Waals surface area contributed by atoms with Gasteiger partial charge in [0.15, 0.2) is 0 Å². The Labute approximate surface area is 278 Å². The maximum atomic E-state index is 9.96. The minimum absolute atomic E-state index is 1.00. The third kappa shape index (κ3) is 9.43. The molecule has 0 N–H and O–H groups in total. The Morgan fingerprint density at radius 3 is 1.80 bits per heavy atom. The molecule has 1 radical (unpaired) electrons. The number of aryl methyl sites for hydroxylation is 2. The van der Waals surface area contributed by atoms with Crippen molar-refractivity contribution in [3.05, 3.63) is 43.2 Å². The molecule has 0 aromatic carbocycles. The summed E-state index contributed by atoms with van der Waals surface area (Å²) in [7, 11) is 3.34. The molecule has 6 rings (SSSR count). The SMILES string of the molecule is CCCCCCc1cc2sc3cc(Br)sc3c2s1.CCCCCCc1cc2sc3ccsc3c2s1.[2H]CF.[B]=NS. The monoisotopic (exact) mass is 731 g/mol. The second-order valence-corrected chi connectivity index (χ2v) is 17.1. The van der Waals surface area contributed by atoms with Gasteiger partial charge >= 0.3 is 24.8 Å². The van der Waals surface area contributed by atoms with Crippen molar-refractivity contribution in [1.29, 1.82) is 0 Å². The first-order valence-electron chi connectivity index (χ1n) is 14.1. The van der Waals surface area contributed by atoms with Crippen LogP contribution in [0.2, 0.25) is 0 Å². The van der Waals surface area contributed by atoms with Gasteiger partial charge in [0.2, 0.25) is 0 Å². The third-order valence-electron chi connectivity index (χ3n) is 6.20. The van der Waals surface area contributed by atoms with Crippen molar-refractivity contribution < 1.29 is 5.76 Å². The van der Waals surface area contributed by atoms with Crippen LogP contribution in [0.1, 0.15) is 76.3 Å². The van der Waals surface area contributed by atoms with Crippen LogP contribution in [-0.2, 0) is 12.8 Å². The molecule has 0 saturated carbocycles. The van der Waals surface area contributed by atoms with Crippen LogP contribution in [0.15, 0.2) is 37.7 Å². The van der Waals surface area contributed by atoms with Gasteiger partial charge < -0.3 is 0 Å². The Kier molecular flexibility index (Phi) is 15.2. The first kappa shape index (κ1) is 32.8. The Morgan fingerprint density at radius 2 is 1.25 bits per heavy atom. The van der Waals surface area contributed by atoms with E-state index in [-0.39, 0.29) is 0 Å². The Hall–Kier alpha value is -0.135. The number of hydrogen-bond acceptors (Lipinski definition) is 8. The Morgan fingerprint density at radius 1 is 0.775 bits per heavy atom. The number of thiol groups is 1. The molecule has 0 saturated heterocycles. The van der Waals surface area contributed by atoms with E-state index >= 15 is 0 Å². The van der Waals surface area contributed by atoms with Crippen molar-refractivity contribution in [1.82, 2.24) is 0 Å². The van der Waals surface area contributed by atoms with E-state index in [4.69, 9.17) is 1.37 Å². The molecule has 0 bridgehead atoms. The molecule has 0 aliphatic heterocycles. The van der Waals surface area contributed by atoms with Crippen LogP contribution in [-0.4, -0.2) is 14.8 Å². The maximum absolute atomic E-state index is 9.96. The average molecular weight is 733 g/mol. The van der Waals surface area contributed by atoms with E-state index < -0.39 is 7.15 Å². The van der Waals surface area contributed by atoms with Crippen molar-refractivity contribution in [2.45, 2.75) is 78.1 Å². The molecule has 1 nitrogen and oxygen atoms in total. The fourth-order valence-electron chi connectivity index (χ4n) is 4.37. The van der Waals surface area contributed by atoms with Gasteiger partial charge in [-0.2, -0.15) is 0 Å². The molecule has 0 aliphatic carbocycles. The zero-order chi connectivity index (χ0) is 29.6. The molecule has 0 atom stereocenters. The first-order chi connectivity index (χ1) is 20.0. The first-order valence-corrected chi connectivity index (χ1v) is 19.5. The number of nitrogens with zero attached hydrogens (tertiary/aromatic N) is 1. The predicted octanol–water partition coefficient (Wildman–Crippen LogP) is 14.1. The van der Waals surface area contributed by atoms with Crippen molar-refractivity contribution in [3.8, 4) is 0 Å². The van der Waals surface area contributed by atoms with E-state index in [1.54, 1.807) is 9.75 Å². The number of hydrogen-bond donors (Lipinski definition) is 1. The topological polar surface area (TPSA) is 12.4 Å². The molecule has 0 unspecified atom stereocenters. The standard InChI is InChI=1S/C14H15BrS3.C14H16S3.CH3F.BHNS/c1-2-3-4-5-6-9-7-10-13(16-9)14-11(17-10)8-12(15)18-14;1-2-3-4-5-6-10-9-12-14(16-10)13-11(17-12)7-8-15-13;1-2;1-2-3/h7-8H,2-6H2,1H3;7-9H,2-6H2,1H3;1H3;3H/i;;1D;. The molecule has 6 aromatic heterocycles. The minimum atomic E-state index is -1.00. The number of unbranched alkanes of at least 4 members (excludes halogenated alkanes) is 6. The van der Waals surface area contributed by atoms with Crippen LogP contribution in [0.4, 0.5) is 4.39 Å².